The topological polar surface area (TPSA) is 77.6 Å². The SMILES string of the molecule is Cc1c(C(=O)NC(Cn2cncn2)c2ccccc2)cnn1Cc1ccccc1. The second kappa shape index (κ2) is 8.52. The maximum absolute atomic E-state index is 13.0. The third kappa shape index (κ3) is 4.40. The summed E-state index contributed by atoms with van der Waals surface area (Å²) in [4.78, 5) is 17.0. The molecule has 2 aromatic heterocycles. The van der Waals surface area contributed by atoms with Gasteiger partial charge in [-0.2, -0.15) is 10.2 Å². The average Bonchev–Trinajstić information content (AvgIpc) is 3.39. The summed E-state index contributed by atoms with van der Waals surface area (Å²) in [6, 6.07) is 19.7. The Balaban J connectivity index is 1.53. The molecule has 4 rings (SSSR count). The van der Waals surface area contributed by atoms with Crippen LogP contribution in [0.4, 0.5) is 0 Å². The molecular formula is C22H22N6O. The second-order valence-corrected chi connectivity index (χ2v) is 6.84. The van der Waals surface area contributed by atoms with Crippen LogP contribution in [0.25, 0.3) is 0 Å². The first-order valence-electron chi connectivity index (χ1n) is 9.45. The fourth-order valence-electron chi connectivity index (χ4n) is 3.25. The molecule has 7 nitrogen and oxygen atoms in total. The van der Waals surface area contributed by atoms with E-state index in [1.165, 1.54) is 6.33 Å². The molecule has 0 aliphatic carbocycles. The van der Waals surface area contributed by atoms with Gasteiger partial charge in [-0.1, -0.05) is 60.7 Å². The van der Waals surface area contributed by atoms with Gasteiger partial charge in [0.2, 0.25) is 0 Å². The maximum Gasteiger partial charge on any atom is 0.255 e. The van der Waals surface area contributed by atoms with E-state index in [2.05, 4.69) is 20.5 Å². The molecular weight excluding hydrogens is 364 g/mol. The Kier molecular flexibility index (Phi) is 5.47. The molecule has 0 bridgehead atoms. The maximum atomic E-state index is 13.0. The Bertz CT molecular complexity index is 1060. The van der Waals surface area contributed by atoms with Gasteiger partial charge in [0.15, 0.2) is 0 Å². The van der Waals surface area contributed by atoms with E-state index in [-0.39, 0.29) is 11.9 Å². The van der Waals surface area contributed by atoms with E-state index in [0.717, 1.165) is 16.8 Å². The predicted octanol–water partition coefficient (Wildman–Crippen LogP) is 3.00. The normalized spacial score (nSPS) is 11.9. The minimum absolute atomic E-state index is 0.157. The number of hydrogen-bond acceptors (Lipinski definition) is 4. The van der Waals surface area contributed by atoms with Crippen LogP contribution < -0.4 is 5.32 Å². The first kappa shape index (κ1) is 18.6. The zero-order valence-corrected chi connectivity index (χ0v) is 16.1. The Morgan fingerprint density at radius 2 is 1.76 bits per heavy atom. The third-order valence-electron chi connectivity index (χ3n) is 4.87. The molecule has 1 amide bonds. The summed E-state index contributed by atoms with van der Waals surface area (Å²) in [7, 11) is 0. The molecule has 1 atom stereocenters. The molecule has 7 heteroatoms. The van der Waals surface area contributed by atoms with Crippen molar-refractivity contribution in [1.82, 2.24) is 29.9 Å². The van der Waals surface area contributed by atoms with E-state index in [0.29, 0.717) is 18.7 Å². The van der Waals surface area contributed by atoms with Crippen LogP contribution in [0.3, 0.4) is 0 Å². The molecule has 0 saturated heterocycles. The van der Waals surface area contributed by atoms with Crippen molar-refractivity contribution in [1.29, 1.82) is 0 Å². The molecule has 29 heavy (non-hydrogen) atoms. The number of nitrogens with zero attached hydrogens (tertiary/aromatic N) is 5. The first-order valence-corrected chi connectivity index (χ1v) is 9.45. The van der Waals surface area contributed by atoms with Crippen molar-refractivity contribution >= 4 is 5.91 Å². The van der Waals surface area contributed by atoms with Crippen molar-refractivity contribution in [2.75, 3.05) is 0 Å². The number of carbonyl (C=O) groups excluding carboxylic acids is 1. The number of hydrogen-bond donors (Lipinski definition) is 1. The molecule has 2 heterocycles. The molecule has 4 aromatic rings. The average molecular weight is 386 g/mol. The molecule has 1 N–H and O–H groups in total. The van der Waals surface area contributed by atoms with E-state index in [4.69, 9.17) is 0 Å². The molecule has 0 fully saturated rings. The summed E-state index contributed by atoms with van der Waals surface area (Å²) in [6.45, 7) is 3.04. The Labute approximate surface area is 169 Å². The van der Waals surface area contributed by atoms with E-state index >= 15 is 0 Å². The Morgan fingerprint density at radius 3 is 2.45 bits per heavy atom. The van der Waals surface area contributed by atoms with Crippen LogP contribution in [0, 0.1) is 6.92 Å². The summed E-state index contributed by atoms with van der Waals surface area (Å²) in [5.41, 5.74) is 3.55. The summed E-state index contributed by atoms with van der Waals surface area (Å²) >= 11 is 0. The van der Waals surface area contributed by atoms with E-state index in [9.17, 15) is 4.79 Å². The van der Waals surface area contributed by atoms with Crippen molar-refractivity contribution in [2.24, 2.45) is 0 Å². The molecule has 0 aliphatic heterocycles. The highest BCUT2D eigenvalue weighted by molar-refractivity contribution is 5.95. The molecule has 0 radical (unpaired) electrons. The highest BCUT2D eigenvalue weighted by Gasteiger charge is 2.20. The molecule has 0 saturated carbocycles. The summed E-state index contributed by atoms with van der Waals surface area (Å²) in [5, 5.41) is 11.7. The van der Waals surface area contributed by atoms with Gasteiger partial charge in [-0.25, -0.2) is 4.98 Å². The lowest BCUT2D eigenvalue weighted by atomic mass is 10.1. The number of nitrogens with one attached hydrogen (secondary N) is 1. The lowest BCUT2D eigenvalue weighted by molar-refractivity contribution is 0.0931. The van der Waals surface area contributed by atoms with Crippen molar-refractivity contribution in [3.05, 3.63) is 102 Å². The van der Waals surface area contributed by atoms with Crippen LogP contribution in [-0.4, -0.2) is 30.5 Å². The van der Waals surface area contributed by atoms with Crippen molar-refractivity contribution in [2.45, 2.75) is 26.1 Å². The quantitative estimate of drug-likeness (QED) is 0.530. The van der Waals surface area contributed by atoms with Crippen LogP contribution in [0.2, 0.25) is 0 Å². The van der Waals surface area contributed by atoms with Crippen LogP contribution >= 0.6 is 0 Å². The van der Waals surface area contributed by atoms with E-state index in [1.54, 1.807) is 17.2 Å². The predicted molar refractivity (Wildman–Crippen MR) is 109 cm³/mol. The summed E-state index contributed by atoms with van der Waals surface area (Å²) < 4.78 is 3.56. The number of aromatic nitrogens is 5. The number of benzene rings is 2. The van der Waals surface area contributed by atoms with Crippen LogP contribution in [-0.2, 0) is 13.1 Å². The van der Waals surface area contributed by atoms with Gasteiger partial charge in [0.05, 0.1) is 30.9 Å². The highest BCUT2D eigenvalue weighted by atomic mass is 16.1. The minimum atomic E-state index is -0.234. The molecule has 2 aromatic carbocycles. The molecule has 0 spiro atoms. The number of rotatable bonds is 7. The highest BCUT2D eigenvalue weighted by Crippen LogP contribution is 2.17. The zero-order valence-electron chi connectivity index (χ0n) is 16.1. The summed E-state index contributed by atoms with van der Waals surface area (Å²) in [5.74, 6) is -0.157. The Morgan fingerprint density at radius 1 is 1.03 bits per heavy atom. The number of carbonyl (C=O) groups is 1. The summed E-state index contributed by atoms with van der Waals surface area (Å²) in [6.07, 6.45) is 4.76. The number of amides is 1. The molecule has 0 aliphatic rings. The van der Waals surface area contributed by atoms with Gasteiger partial charge >= 0.3 is 0 Å². The first-order chi connectivity index (χ1) is 14.2. The van der Waals surface area contributed by atoms with Gasteiger partial charge in [-0.15, -0.1) is 0 Å². The lowest BCUT2D eigenvalue weighted by Gasteiger charge is -2.19. The zero-order chi connectivity index (χ0) is 20.1. The smallest absolute Gasteiger partial charge is 0.255 e. The van der Waals surface area contributed by atoms with Gasteiger partial charge in [0.1, 0.15) is 12.7 Å². The van der Waals surface area contributed by atoms with E-state index in [1.807, 2.05) is 72.3 Å². The van der Waals surface area contributed by atoms with Crippen LogP contribution in [0.5, 0.6) is 0 Å². The molecule has 146 valence electrons. The van der Waals surface area contributed by atoms with E-state index < -0.39 is 0 Å². The second-order valence-electron chi connectivity index (χ2n) is 6.84. The van der Waals surface area contributed by atoms with Crippen LogP contribution in [0.1, 0.15) is 33.2 Å². The Hall–Kier alpha value is -3.74. The largest absolute Gasteiger partial charge is 0.343 e. The van der Waals surface area contributed by atoms with Crippen LogP contribution in [0.15, 0.2) is 79.5 Å². The lowest BCUT2D eigenvalue weighted by Crippen LogP contribution is -2.32. The third-order valence-corrected chi connectivity index (χ3v) is 4.87. The van der Waals surface area contributed by atoms with Crippen molar-refractivity contribution in [3.8, 4) is 0 Å². The van der Waals surface area contributed by atoms with Gasteiger partial charge < -0.3 is 5.32 Å². The monoisotopic (exact) mass is 386 g/mol. The van der Waals surface area contributed by atoms with Gasteiger partial charge in [0.25, 0.3) is 5.91 Å². The standard InChI is InChI=1S/C22H22N6O/c1-17-20(12-24-28(17)13-18-8-4-2-5-9-18)22(29)26-21(14-27-16-23-15-25-27)19-10-6-3-7-11-19/h2-12,15-16,21H,13-14H2,1H3,(H,26,29). The fourth-order valence-corrected chi connectivity index (χ4v) is 3.25. The van der Waals surface area contributed by atoms with Gasteiger partial charge in [-0.3, -0.25) is 14.2 Å². The minimum Gasteiger partial charge on any atom is -0.343 e. The van der Waals surface area contributed by atoms with Gasteiger partial charge in [-0.05, 0) is 18.1 Å². The van der Waals surface area contributed by atoms with Crippen molar-refractivity contribution < 1.29 is 4.79 Å². The molecule has 1 unspecified atom stereocenters. The van der Waals surface area contributed by atoms with Crippen molar-refractivity contribution in [3.63, 3.8) is 0 Å². The fraction of sp³-hybridized carbons (Fsp3) is 0.182. The van der Waals surface area contributed by atoms with Gasteiger partial charge in [0, 0.05) is 5.69 Å².